The van der Waals surface area contributed by atoms with Gasteiger partial charge >= 0.3 is 0 Å². The minimum absolute atomic E-state index is 0.327. The Morgan fingerprint density at radius 2 is 2.00 bits per heavy atom. The van der Waals surface area contributed by atoms with Crippen molar-refractivity contribution in [3.8, 4) is 0 Å². The molecule has 1 heterocycles. The molecule has 2 rings (SSSR count). The van der Waals surface area contributed by atoms with E-state index in [9.17, 15) is 8.42 Å². The molecule has 0 saturated carbocycles. The van der Waals surface area contributed by atoms with E-state index in [1.807, 2.05) is 25.3 Å². The zero-order valence-corrected chi connectivity index (χ0v) is 15.0. The third-order valence-electron chi connectivity index (χ3n) is 2.77. The Kier molecular flexibility index (Phi) is 5.43. The van der Waals surface area contributed by atoms with Crippen molar-refractivity contribution in [2.45, 2.75) is 24.6 Å². The normalized spacial score (nSPS) is 11.6. The summed E-state index contributed by atoms with van der Waals surface area (Å²) >= 11 is 4.60. The third-order valence-corrected chi connectivity index (χ3v) is 6.10. The molecule has 0 radical (unpaired) electrons. The number of hydrogen-bond acceptors (Lipinski definition) is 4. The molecular formula is C14H17BrN2O2S2. The lowest BCUT2D eigenvalue weighted by Gasteiger charge is -2.07. The van der Waals surface area contributed by atoms with Gasteiger partial charge in [-0.25, -0.2) is 8.42 Å². The van der Waals surface area contributed by atoms with Crippen LogP contribution in [0.15, 0.2) is 38.3 Å². The second-order valence-electron chi connectivity index (χ2n) is 4.68. The van der Waals surface area contributed by atoms with Gasteiger partial charge in [-0.15, -0.1) is 11.3 Å². The summed E-state index contributed by atoms with van der Waals surface area (Å²) < 4.78 is 28.5. The molecule has 0 amide bonds. The van der Waals surface area contributed by atoms with Gasteiger partial charge in [-0.1, -0.05) is 22.9 Å². The van der Waals surface area contributed by atoms with E-state index in [1.54, 1.807) is 18.2 Å². The molecule has 7 heteroatoms. The van der Waals surface area contributed by atoms with E-state index in [1.165, 1.54) is 11.3 Å². The molecule has 21 heavy (non-hydrogen) atoms. The largest absolute Gasteiger partial charge is 0.313 e. The highest BCUT2D eigenvalue weighted by atomic mass is 79.9. The summed E-state index contributed by atoms with van der Waals surface area (Å²) in [4.78, 5) is 0. The first-order valence-electron chi connectivity index (χ1n) is 6.49. The number of anilines is 1. The molecule has 1 aromatic heterocycles. The molecule has 0 fully saturated rings. The van der Waals surface area contributed by atoms with Crippen LogP contribution in [0.1, 0.15) is 18.1 Å². The van der Waals surface area contributed by atoms with Gasteiger partial charge < -0.3 is 5.32 Å². The van der Waals surface area contributed by atoms with Crippen molar-refractivity contribution >= 4 is 43.0 Å². The summed E-state index contributed by atoms with van der Waals surface area (Å²) in [5.41, 5.74) is 2.53. The van der Waals surface area contributed by atoms with Crippen molar-refractivity contribution in [2.24, 2.45) is 0 Å². The van der Waals surface area contributed by atoms with Crippen LogP contribution in [-0.2, 0) is 16.6 Å². The number of benzene rings is 1. The maximum atomic E-state index is 12.4. The summed E-state index contributed by atoms with van der Waals surface area (Å²) in [6.07, 6.45) is 0. The van der Waals surface area contributed by atoms with E-state index < -0.39 is 10.0 Å². The van der Waals surface area contributed by atoms with Gasteiger partial charge in [-0.2, -0.15) is 0 Å². The minimum atomic E-state index is -3.53. The highest BCUT2D eigenvalue weighted by Crippen LogP contribution is 2.25. The van der Waals surface area contributed by atoms with Gasteiger partial charge in [0.1, 0.15) is 4.21 Å². The molecule has 0 aliphatic heterocycles. The molecule has 0 atom stereocenters. The fraction of sp³-hybridized carbons (Fsp3) is 0.286. The fourth-order valence-corrected chi connectivity index (χ4v) is 4.71. The number of aryl methyl sites for hydroxylation is 1. The Bertz CT molecular complexity index is 706. The predicted octanol–water partition coefficient (Wildman–Crippen LogP) is 3.73. The lowest BCUT2D eigenvalue weighted by atomic mass is 10.2. The van der Waals surface area contributed by atoms with Crippen molar-refractivity contribution in [1.29, 1.82) is 0 Å². The van der Waals surface area contributed by atoms with Gasteiger partial charge in [0.25, 0.3) is 10.0 Å². The first-order valence-corrected chi connectivity index (χ1v) is 9.64. The number of nitrogens with one attached hydrogen (secondary N) is 2. The summed E-state index contributed by atoms with van der Waals surface area (Å²) in [6.45, 7) is 5.47. The summed E-state index contributed by atoms with van der Waals surface area (Å²) in [5.74, 6) is 0. The molecule has 0 saturated heterocycles. The molecule has 0 bridgehead atoms. The van der Waals surface area contributed by atoms with Crippen LogP contribution < -0.4 is 10.0 Å². The Hall–Kier alpha value is -0.890. The van der Waals surface area contributed by atoms with Gasteiger partial charge in [-0.3, -0.25) is 4.72 Å². The van der Waals surface area contributed by atoms with Gasteiger partial charge in [-0.05, 0) is 54.2 Å². The molecule has 2 N–H and O–H groups in total. The second-order valence-corrected chi connectivity index (χ2v) is 8.41. The van der Waals surface area contributed by atoms with Crippen molar-refractivity contribution in [2.75, 3.05) is 11.3 Å². The van der Waals surface area contributed by atoms with Crippen LogP contribution in [0.4, 0.5) is 5.69 Å². The highest BCUT2D eigenvalue weighted by Gasteiger charge is 2.17. The summed E-state index contributed by atoms with van der Waals surface area (Å²) in [5, 5.41) is 5.04. The lowest BCUT2D eigenvalue weighted by Crippen LogP contribution is -2.12. The zero-order chi connectivity index (χ0) is 15.5. The monoisotopic (exact) mass is 388 g/mol. The third kappa shape index (κ3) is 4.54. The average Bonchev–Trinajstić information content (AvgIpc) is 2.84. The first kappa shape index (κ1) is 16.5. The number of halogens is 1. The molecule has 2 aromatic rings. The van der Waals surface area contributed by atoms with Gasteiger partial charge in [0.15, 0.2) is 0 Å². The Labute approximate surface area is 137 Å². The molecule has 0 aliphatic rings. The number of rotatable bonds is 6. The number of sulfonamides is 1. The fourth-order valence-electron chi connectivity index (χ4n) is 1.86. The highest BCUT2D eigenvalue weighted by molar-refractivity contribution is 9.10. The molecule has 4 nitrogen and oxygen atoms in total. The molecule has 0 unspecified atom stereocenters. The van der Waals surface area contributed by atoms with Crippen LogP contribution in [0.5, 0.6) is 0 Å². The maximum absolute atomic E-state index is 12.4. The van der Waals surface area contributed by atoms with E-state index in [2.05, 4.69) is 26.0 Å². The van der Waals surface area contributed by atoms with Crippen molar-refractivity contribution < 1.29 is 8.42 Å². The number of hydrogen-bond donors (Lipinski definition) is 2. The zero-order valence-electron chi connectivity index (χ0n) is 11.8. The second kappa shape index (κ2) is 6.91. The van der Waals surface area contributed by atoms with Crippen LogP contribution in [0.3, 0.4) is 0 Å². The summed E-state index contributed by atoms with van der Waals surface area (Å²) in [7, 11) is -3.53. The average molecular weight is 389 g/mol. The molecule has 0 spiro atoms. The summed E-state index contributed by atoms with van der Waals surface area (Å²) in [6, 6.07) is 7.19. The lowest BCUT2D eigenvalue weighted by molar-refractivity contribution is 0.603. The maximum Gasteiger partial charge on any atom is 0.271 e. The van der Waals surface area contributed by atoms with Gasteiger partial charge in [0.05, 0.1) is 5.69 Å². The van der Waals surface area contributed by atoms with Crippen LogP contribution in [0, 0.1) is 6.92 Å². The predicted molar refractivity (Wildman–Crippen MR) is 91.4 cm³/mol. The van der Waals surface area contributed by atoms with Gasteiger partial charge in [0, 0.05) is 11.0 Å². The van der Waals surface area contributed by atoms with E-state index >= 15 is 0 Å². The van der Waals surface area contributed by atoms with Crippen LogP contribution >= 0.6 is 27.3 Å². The topological polar surface area (TPSA) is 58.2 Å². The van der Waals surface area contributed by atoms with Crippen molar-refractivity contribution in [1.82, 2.24) is 5.32 Å². The van der Waals surface area contributed by atoms with Crippen LogP contribution in [0.2, 0.25) is 0 Å². The first-order chi connectivity index (χ1) is 9.90. The van der Waals surface area contributed by atoms with E-state index in [-0.39, 0.29) is 0 Å². The van der Waals surface area contributed by atoms with Gasteiger partial charge in [0.2, 0.25) is 0 Å². The minimum Gasteiger partial charge on any atom is -0.313 e. The molecule has 1 aromatic carbocycles. The van der Waals surface area contributed by atoms with Crippen molar-refractivity contribution in [3.63, 3.8) is 0 Å². The molecule has 114 valence electrons. The quantitative estimate of drug-likeness (QED) is 0.792. The van der Waals surface area contributed by atoms with E-state index in [0.29, 0.717) is 16.4 Å². The molecule has 0 aliphatic carbocycles. The number of thiophene rings is 1. The SMILES string of the molecule is CCNCc1csc(S(=O)(=O)Nc2cc(C)cc(Br)c2)c1. The van der Waals surface area contributed by atoms with E-state index in [0.717, 1.165) is 22.1 Å². The smallest absolute Gasteiger partial charge is 0.271 e. The standard InChI is InChI=1S/C14H17BrN2O2S2/c1-3-16-8-11-6-14(20-9-11)21(18,19)17-13-5-10(2)4-12(15)7-13/h4-7,9,16-17H,3,8H2,1-2H3. The van der Waals surface area contributed by atoms with Crippen LogP contribution in [0.25, 0.3) is 0 Å². The molecular weight excluding hydrogens is 372 g/mol. The Morgan fingerprint density at radius 1 is 1.24 bits per heavy atom. The van der Waals surface area contributed by atoms with E-state index in [4.69, 9.17) is 0 Å². The Balaban J connectivity index is 2.19. The Morgan fingerprint density at radius 3 is 2.67 bits per heavy atom. The van der Waals surface area contributed by atoms with Crippen molar-refractivity contribution in [3.05, 3.63) is 45.2 Å². The van der Waals surface area contributed by atoms with Crippen LogP contribution in [-0.4, -0.2) is 15.0 Å².